The van der Waals surface area contributed by atoms with Crippen molar-refractivity contribution in [2.45, 2.75) is 31.8 Å². The average Bonchev–Trinajstić information content (AvgIpc) is 2.73. The predicted molar refractivity (Wildman–Crippen MR) is 72.6 cm³/mol. The third kappa shape index (κ3) is 2.39. The minimum absolute atomic E-state index is 0.276. The Labute approximate surface area is 114 Å². The van der Waals surface area contributed by atoms with Crippen molar-refractivity contribution in [3.63, 3.8) is 0 Å². The first-order valence-corrected chi connectivity index (χ1v) is 7.11. The van der Waals surface area contributed by atoms with Crippen LogP contribution >= 0.6 is 0 Å². The zero-order valence-corrected chi connectivity index (χ0v) is 11.7. The Bertz CT molecular complexity index is 464. The van der Waals surface area contributed by atoms with Crippen LogP contribution in [-0.2, 0) is 11.3 Å². The van der Waals surface area contributed by atoms with Gasteiger partial charge in [0.25, 0.3) is 0 Å². The van der Waals surface area contributed by atoms with E-state index in [-0.39, 0.29) is 12.0 Å². The molecule has 0 unspecified atom stereocenters. The number of likely N-dealkylation sites (N-methyl/N-ethyl adjacent to an activating group) is 1. The zero-order chi connectivity index (χ0) is 13.4. The van der Waals surface area contributed by atoms with Gasteiger partial charge < -0.3 is 9.80 Å². The molecule has 1 fully saturated rings. The van der Waals surface area contributed by atoms with Crippen LogP contribution < -0.4 is 0 Å². The summed E-state index contributed by atoms with van der Waals surface area (Å²) in [4.78, 5) is 16.6. The molecule has 5 nitrogen and oxygen atoms in total. The van der Waals surface area contributed by atoms with Gasteiger partial charge in [-0.15, -0.1) is 0 Å². The molecule has 1 aliphatic heterocycles. The molecule has 0 spiro atoms. The maximum atomic E-state index is 12.4. The summed E-state index contributed by atoms with van der Waals surface area (Å²) < 4.78 is 2.09. The molecule has 5 heteroatoms. The van der Waals surface area contributed by atoms with Crippen LogP contribution in [0.3, 0.4) is 0 Å². The van der Waals surface area contributed by atoms with Crippen LogP contribution in [0.15, 0.2) is 12.3 Å². The number of carbonyl (C=O) groups is 1. The van der Waals surface area contributed by atoms with Gasteiger partial charge in [-0.05, 0) is 33.0 Å². The van der Waals surface area contributed by atoms with Gasteiger partial charge >= 0.3 is 0 Å². The highest BCUT2D eigenvalue weighted by Crippen LogP contribution is 2.31. The summed E-state index contributed by atoms with van der Waals surface area (Å²) in [5.41, 5.74) is 1.16. The second kappa shape index (κ2) is 4.96. The largest absolute Gasteiger partial charge is 0.334 e. The molecule has 1 saturated carbocycles. The van der Waals surface area contributed by atoms with Crippen LogP contribution in [0.4, 0.5) is 0 Å². The third-order valence-electron chi connectivity index (χ3n) is 4.22. The van der Waals surface area contributed by atoms with Gasteiger partial charge in [-0.2, -0.15) is 5.10 Å². The Morgan fingerprint density at radius 2 is 2.26 bits per heavy atom. The summed E-state index contributed by atoms with van der Waals surface area (Å²) >= 11 is 0. The van der Waals surface area contributed by atoms with Crippen molar-refractivity contribution in [1.29, 1.82) is 0 Å². The van der Waals surface area contributed by atoms with E-state index < -0.39 is 0 Å². The van der Waals surface area contributed by atoms with Crippen molar-refractivity contribution in [1.82, 2.24) is 19.6 Å². The maximum absolute atomic E-state index is 12.4. The van der Waals surface area contributed by atoms with Gasteiger partial charge in [0, 0.05) is 25.2 Å². The van der Waals surface area contributed by atoms with Crippen LogP contribution in [0.2, 0.25) is 0 Å². The van der Waals surface area contributed by atoms with Crippen molar-refractivity contribution in [2.75, 3.05) is 27.2 Å². The molecule has 3 rings (SSSR count). The molecule has 0 radical (unpaired) electrons. The van der Waals surface area contributed by atoms with E-state index in [2.05, 4.69) is 28.8 Å². The van der Waals surface area contributed by atoms with Gasteiger partial charge in [0.1, 0.15) is 0 Å². The second-order valence-electron chi connectivity index (χ2n) is 6.03. The van der Waals surface area contributed by atoms with E-state index in [4.69, 9.17) is 0 Å². The van der Waals surface area contributed by atoms with Gasteiger partial charge in [-0.3, -0.25) is 9.48 Å². The fourth-order valence-corrected chi connectivity index (χ4v) is 3.03. The lowest BCUT2D eigenvalue weighted by Crippen LogP contribution is -2.47. The minimum Gasteiger partial charge on any atom is -0.334 e. The van der Waals surface area contributed by atoms with Crippen molar-refractivity contribution in [3.05, 3.63) is 18.0 Å². The van der Waals surface area contributed by atoms with Crippen LogP contribution in [-0.4, -0.2) is 52.7 Å². The molecular formula is C14H22N4O. The number of aromatic nitrogens is 2. The Hall–Kier alpha value is -1.36. The average molecular weight is 262 g/mol. The van der Waals surface area contributed by atoms with Gasteiger partial charge in [0.2, 0.25) is 5.91 Å². The molecule has 1 amide bonds. The quantitative estimate of drug-likeness (QED) is 0.820. The van der Waals surface area contributed by atoms with E-state index in [9.17, 15) is 4.79 Å². The standard InChI is InChI=1S/C14H22N4O/c1-16(2)8-13-10-17(14(19)11-4-3-5-11)9-12-6-7-15-18(12)13/h6-7,11,13H,3-5,8-10H2,1-2H3/t13-/m1/s1. The molecule has 2 heterocycles. The summed E-state index contributed by atoms with van der Waals surface area (Å²) in [5.74, 6) is 0.636. The van der Waals surface area contributed by atoms with Gasteiger partial charge in [-0.1, -0.05) is 6.42 Å². The number of nitrogens with zero attached hydrogens (tertiary/aromatic N) is 4. The zero-order valence-electron chi connectivity index (χ0n) is 11.7. The number of fused-ring (bicyclic) bond motifs is 1. The van der Waals surface area contributed by atoms with E-state index in [0.29, 0.717) is 5.91 Å². The van der Waals surface area contributed by atoms with E-state index in [1.54, 1.807) is 0 Å². The van der Waals surface area contributed by atoms with Crippen molar-refractivity contribution in [3.8, 4) is 0 Å². The van der Waals surface area contributed by atoms with E-state index in [1.165, 1.54) is 6.42 Å². The minimum atomic E-state index is 0.276. The summed E-state index contributed by atoms with van der Waals surface area (Å²) in [7, 11) is 4.13. The topological polar surface area (TPSA) is 41.4 Å². The maximum Gasteiger partial charge on any atom is 0.226 e. The number of rotatable bonds is 3. The summed E-state index contributed by atoms with van der Waals surface area (Å²) in [6.45, 7) is 2.44. The third-order valence-corrected chi connectivity index (χ3v) is 4.22. The monoisotopic (exact) mass is 262 g/mol. The SMILES string of the molecule is CN(C)C[C@@H]1CN(C(=O)C2CCC2)Cc2ccnn21. The Morgan fingerprint density at radius 1 is 1.47 bits per heavy atom. The molecule has 1 aliphatic carbocycles. The number of amides is 1. The summed E-state index contributed by atoms with van der Waals surface area (Å²) in [5, 5.41) is 4.42. The molecule has 0 N–H and O–H groups in total. The smallest absolute Gasteiger partial charge is 0.226 e. The highest BCUT2D eigenvalue weighted by atomic mass is 16.2. The lowest BCUT2D eigenvalue weighted by atomic mass is 9.84. The van der Waals surface area contributed by atoms with E-state index in [0.717, 1.165) is 38.2 Å². The Balaban J connectivity index is 1.77. The van der Waals surface area contributed by atoms with E-state index in [1.807, 2.05) is 17.2 Å². The Morgan fingerprint density at radius 3 is 2.89 bits per heavy atom. The number of hydrogen-bond acceptors (Lipinski definition) is 3. The highest BCUT2D eigenvalue weighted by Gasteiger charge is 2.34. The summed E-state index contributed by atoms with van der Waals surface area (Å²) in [6, 6.07) is 2.31. The number of hydrogen-bond donors (Lipinski definition) is 0. The molecule has 0 saturated heterocycles. The lowest BCUT2D eigenvalue weighted by molar-refractivity contribution is -0.140. The van der Waals surface area contributed by atoms with Crippen LogP contribution in [0.5, 0.6) is 0 Å². The highest BCUT2D eigenvalue weighted by molar-refractivity contribution is 5.79. The molecule has 0 bridgehead atoms. The van der Waals surface area contributed by atoms with Crippen LogP contribution in [0, 0.1) is 5.92 Å². The second-order valence-corrected chi connectivity index (χ2v) is 6.03. The normalized spacial score (nSPS) is 23.3. The molecule has 1 atom stereocenters. The van der Waals surface area contributed by atoms with Crippen molar-refractivity contribution in [2.24, 2.45) is 5.92 Å². The fraction of sp³-hybridized carbons (Fsp3) is 0.714. The van der Waals surface area contributed by atoms with Crippen molar-refractivity contribution < 1.29 is 4.79 Å². The van der Waals surface area contributed by atoms with Crippen LogP contribution in [0.1, 0.15) is 31.0 Å². The van der Waals surface area contributed by atoms with E-state index >= 15 is 0 Å². The molecule has 1 aromatic heterocycles. The Kier molecular flexibility index (Phi) is 3.31. The van der Waals surface area contributed by atoms with Gasteiger partial charge in [-0.25, -0.2) is 0 Å². The fourth-order valence-electron chi connectivity index (χ4n) is 3.03. The van der Waals surface area contributed by atoms with Gasteiger partial charge in [0.05, 0.1) is 18.3 Å². The summed E-state index contributed by atoms with van der Waals surface area (Å²) in [6.07, 6.45) is 5.21. The molecule has 2 aliphatic rings. The predicted octanol–water partition coefficient (Wildman–Crippen LogP) is 1.13. The number of carbonyl (C=O) groups excluding carboxylic acids is 1. The van der Waals surface area contributed by atoms with Crippen LogP contribution in [0.25, 0.3) is 0 Å². The first-order chi connectivity index (χ1) is 9.15. The molecule has 1 aromatic rings. The lowest BCUT2D eigenvalue weighted by Gasteiger charge is -2.38. The first kappa shape index (κ1) is 12.7. The van der Waals surface area contributed by atoms with Crippen molar-refractivity contribution >= 4 is 5.91 Å². The first-order valence-electron chi connectivity index (χ1n) is 7.11. The molecule has 0 aromatic carbocycles. The molecular weight excluding hydrogens is 240 g/mol. The molecule has 19 heavy (non-hydrogen) atoms. The van der Waals surface area contributed by atoms with Gasteiger partial charge in [0.15, 0.2) is 0 Å². The molecule has 104 valence electrons.